The lowest BCUT2D eigenvalue weighted by atomic mass is 9.74. The lowest BCUT2D eigenvalue weighted by Crippen LogP contribution is -2.43. The SMILES string of the molecule is CCC(C)CC(CO)(CNC(=O)OC(C)(C)C)CC(C)C. The highest BCUT2D eigenvalue weighted by Crippen LogP contribution is 2.34. The van der Waals surface area contributed by atoms with Crippen LogP contribution in [0.25, 0.3) is 0 Å². The van der Waals surface area contributed by atoms with E-state index in [1.165, 1.54) is 0 Å². The van der Waals surface area contributed by atoms with Crippen molar-refractivity contribution < 1.29 is 14.6 Å². The Kier molecular flexibility index (Phi) is 8.30. The molecule has 126 valence electrons. The van der Waals surface area contributed by atoms with Crippen molar-refractivity contribution in [3.8, 4) is 0 Å². The summed E-state index contributed by atoms with van der Waals surface area (Å²) in [7, 11) is 0. The normalized spacial score (nSPS) is 16.4. The molecule has 4 nitrogen and oxygen atoms in total. The number of nitrogens with one attached hydrogen (secondary N) is 1. The minimum Gasteiger partial charge on any atom is -0.444 e. The first-order chi connectivity index (χ1) is 9.53. The number of hydrogen-bond donors (Lipinski definition) is 2. The van der Waals surface area contributed by atoms with E-state index in [-0.39, 0.29) is 12.0 Å². The fourth-order valence-corrected chi connectivity index (χ4v) is 2.74. The van der Waals surface area contributed by atoms with E-state index < -0.39 is 11.7 Å². The van der Waals surface area contributed by atoms with Crippen LogP contribution in [0.2, 0.25) is 0 Å². The van der Waals surface area contributed by atoms with E-state index in [0.29, 0.717) is 18.4 Å². The molecule has 0 aliphatic rings. The van der Waals surface area contributed by atoms with Gasteiger partial charge in [0.15, 0.2) is 0 Å². The van der Waals surface area contributed by atoms with Crippen molar-refractivity contribution in [2.45, 2.75) is 73.3 Å². The smallest absolute Gasteiger partial charge is 0.407 e. The van der Waals surface area contributed by atoms with Crippen molar-refractivity contribution in [3.63, 3.8) is 0 Å². The molecule has 2 atom stereocenters. The van der Waals surface area contributed by atoms with Crippen LogP contribution in [0.1, 0.15) is 67.7 Å². The van der Waals surface area contributed by atoms with Gasteiger partial charge in [0.1, 0.15) is 5.60 Å². The first-order valence-electron chi connectivity index (χ1n) is 8.11. The van der Waals surface area contributed by atoms with Crippen molar-refractivity contribution >= 4 is 6.09 Å². The molecular formula is C17H35NO3. The second-order valence-electron chi connectivity index (χ2n) is 7.83. The van der Waals surface area contributed by atoms with Crippen molar-refractivity contribution in [2.24, 2.45) is 17.3 Å². The maximum atomic E-state index is 11.8. The molecule has 0 spiro atoms. The summed E-state index contributed by atoms with van der Waals surface area (Å²) in [5.41, 5.74) is -0.763. The molecule has 0 rings (SSSR count). The first-order valence-corrected chi connectivity index (χ1v) is 8.11. The molecule has 21 heavy (non-hydrogen) atoms. The molecule has 0 aromatic rings. The van der Waals surface area contributed by atoms with Gasteiger partial charge in [-0.2, -0.15) is 0 Å². The number of amides is 1. The number of alkyl carbamates (subject to hydrolysis) is 1. The predicted octanol–water partition coefficient (Wildman–Crippen LogP) is 3.97. The van der Waals surface area contributed by atoms with Gasteiger partial charge in [-0.1, -0.05) is 34.1 Å². The summed E-state index contributed by atoms with van der Waals surface area (Å²) in [5.74, 6) is 0.998. The summed E-state index contributed by atoms with van der Waals surface area (Å²) in [6, 6.07) is 0. The second-order valence-corrected chi connectivity index (χ2v) is 7.83. The van der Waals surface area contributed by atoms with Gasteiger partial charge in [0.2, 0.25) is 0 Å². The van der Waals surface area contributed by atoms with Gasteiger partial charge in [0, 0.05) is 12.0 Å². The van der Waals surface area contributed by atoms with Gasteiger partial charge in [-0.25, -0.2) is 4.79 Å². The molecule has 2 unspecified atom stereocenters. The quantitative estimate of drug-likeness (QED) is 0.713. The van der Waals surface area contributed by atoms with Gasteiger partial charge in [-0.05, 0) is 45.4 Å². The van der Waals surface area contributed by atoms with Crippen LogP contribution < -0.4 is 5.32 Å². The summed E-state index contributed by atoms with van der Waals surface area (Å²) in [6.07, 6.45) is 2.47. The van der Waals surface area contributed by atoms with Gasteiger partial charge in [0.25, 0.3) is 0 Å². The summed E-state index contributed by atoms with van der Waals surface area (Å²) < 4.78 is 5.28. The van der Waals surface area contributed by atoms with Crippen LogP contribution in [0.15, 0.2) is 0 Å². The first kappa shape index (κ1) is 20.2. The van der Waals surface area contributed by atoms with E-state index in [1.54, 1.807) is 0 Å². The third kappa shape index (κ3) is 8.97. The number of ether oxygens (including phenoxy) is 1. The van der Waals surface area contributed by atoms with E-state index in [9.17, 15) is 9.90 Å². The molecular weight excluding hydrogens is 266 g/mol. The third-order valence-corrected chi connectivity index (χ3v) is 3.66. The van der Waals surface area contributed by atoms with Crippen molar-refractivity contribution in [1.82, 2.24) is 5.32 Å². The Morgan fingerprint density at radius 1 is 1.19 bits per heavy atom. The Bertz CT molecular complexity index is 310. The summed E-state index contributed by atoms with van der Waals surface area (Å²) >= 11 is 0. The Balaban J connectivity index is 4.76. The molecule has 0 saturated carbocycles. The van der Waals surface area contributed by atoms with Crippen LogP contribution in [-0.4, -0.2) is 30.0 Å². The monoisotopic (exact) mass is 301 g/mol. The molecule has 0 aliphatic carbocycles. The maximum Gasteiger partial charge on any atom is 0.407 e. The highest BCUT2D eigenvalue weighted by Gasteiger charge is 2.33. The number of carbonyl (C=O) groups is 1. The zero-order valence-corrected chi connectivity index (χ0v) is 15.0. The fraction of sp³-hybridized carbons (Fsp3) is 0.941. The van der Waals surface area contributed by atoms with Crippen molar-refractivity contribution in [3.05, 3.63) is 0 Å². The van der Waals surface area contributed by atoms with Gasteiger partial charge in [0.05, 0.1) is 6.61 Å². The van der Waals surface area contributed by atoms with Gasteiger partial charge in [-0.3, -0.25) is 0 Å². The highest BCUT2D eigenvalue weighted by molar-refractivity contribution is 5.67. The second kappa shape index (κ2) is 8.62. The minimum atomic E-state index is -0.499. The predicted molar refractivity (Wildman–Crippen MR) is 87.3 cm³/mol. The maximum absolute atomic E-state index is 11.8. The zero-order valence-electron chi connectivity index (χ0n) is 15.0. The Hall–Kier alpha value is -0.770. The number of hydrogen-bond acceptors (Lipinski definition) is 3. The minimum absolute atomic E-state index is 0.0886. The molecule has 0 aromatic carbocycles. The molecule has 0 aliphatic heterocycles. The molecule has 0 fully saturated rings. The van der Waals surface area contributed by atoms with Crippen molar-refractivity contribution in [1.29, 1.82) is 0 Å². The Morgan fingerprint density at radius 3 is 2.14 bits per heavy atom. The van der Waals surface area contributed by atoms with Crippen LogP contribution in [0.5, 0.6) is 0 Å². The summed E-state index contributed by atoms with van der Waals surface area (Å²) in [4.78, 5) is 11.8. The van der Waals surface area contributed by atoms with Crippen LogP contribution in [-0.2, 0) is 4.74 Å². The van der Waals surface area contributed by atoms with Crippen molar-refractivity contribution in [2.75, 3.05) is 13.2 Å². The Morgan fingerprint density at radius 2 is 1.76 bits per heavy atom. The number of aliphatic hydroxyl groups is 1. The molecule has 0 bridgehead atoms. The number of carbonyl (C=O) groups excluding carboxylic acids is 1. The number of rotatable bonds is 8. The van der Waals surface area contributed by atoms with Gasteiger partial charge in [-0.15, -0.1) is 0 Å². The zero-order chi connectivity index (χ0) is 16.7. The lowest BCUT2D eigenvalue weighted by molar-refractivity contribution is 0.0393. The summed E-state index contributed by atoms with van der Waals surface area (Å²) in [6.45, 7) is 14.7. The largest absolute Gasteiger partial charge is 0.444 e. The van der Waals surface area contributed by atoms with E-state index in [0.717, 1.165) is 19.3 Å². The van der Waals surface area contributed by atoms with E-state index in [1.807, 2.05) is 20.8 Å². The molecule has 4 heteroatoms. The van der Waals surface area contributed by atoms with Crippen LogP contribution in [0, 0.1) is 17.3 Å². The van der Waals surface area contributed by atoms with E-state index in [4.69, 9.17) is 4.74 Å². The molecule has 0 saturated heterocycles. The molecule has 0 aromatic heterocycles. The Labute approximate surface area is 130 Å². The van der Waals surface area contributed by atoms with Crippen LogP contribution in [0.4, 0.5) is 4.79 Å². The molecule has 1 amide bonds. The lowest BCUT2D eigenvalue weighted by Gasteiger charge is -2.36. The average molecular weight is 301 g/mol. The standard InChI is InChI=1S/C17H35NO3/c1-8-14(4)10-17(12-19,9-13(2)3)11-18-15(20)21-16(5,6)7/h13-14,19H,8-12H2,1-7H3,(H,18,20). The van der Waals surface area contributed by atoms with Crippen LogP contribution in [0.3, 0.4) is 0 Å². The van der Waals surface area contributed by atoms with E-state index in [2.05, 4.69) is 33.0 Å². The van der Waals surface area contributed by atoms with E-state index >= 15 is 0 Å². The van der Waals surface area contributed by atoms with Crippen LogP contribution >= 0.6 is 0 Å². The molecule has 0 heterocycles. The number of aliphatic hydroxyl groups excluding tert-OH is 1. The highest BCUT2D eigenvalue weighted by atomic mass is 16.6. The summed E-state index contributed by atoms with van der Waals surface area (Å²) in [5, 5.41) is 12.8. The topological polar surface area (TPSA) is 58.6 Å². The average Bonchev–Trinajstić information content (AvgIpc) is 2.33. The third-order valence-electron chi connectivity index (χ3n) is 3.66. The fourth-order valence-electron chi connectivity index (χ4n) is 2.74. The molecule has 2 N–H and O–H groups in total. The molecule has 0 radical (unpaired) electrons. The van der Waals surface area contributed by atoms with Gasteiger partial charge >= 0.3 is 6.09 Å². The van der Waals surface area contributed by atoms with Gasteiger partial charge < -0.3 is 15.2 Å².